The van der Waals surface area contributed by atoms with E-state index in [9.17, 15) is 0 Å². The second kappa shape index (κ2) is 6.31. The summed E-state index contributed by atoms with van der Waals surface area (Å²) in [6.45, 7) is 0. The fourth-order valence-corrected chi connectivity index (χ4v) is 5.32. The van der Waals surface area contributed by atoms with Crippen molar-refractivity contribution in [2.45, 2.75) is 36.5 Å². The number of fused-ring (bicyclic) bond motifs is 3. The molecule has 0 saturated heterocycles. The topological polar surface area (TPSA) is 49.6 Å². The van der Waals surface area contributed by atoms with Gasteiger partial charge in [-0.05, 0) is 48.9 Å². The molecule has 1 aliphatic rings. The van der Waals surface area contributed by atoms with Crippen LogP contribution in [-0.4, -0.2) is 9.97 Å². The van der Waals surface area contributed by atoms with Gasteiger partial charge in [-0.15, -0.1) is 23.1 Å². The van der Waals surface area contributed by atoms with E-state index in [0.29, 0.717) is 5.56 Å². The van der Waals surface area contributed by atoms with Crippen LogP contribution in [0.3, 0.4) is 0 Å². The number of benzene rings is 1. The van der Waals surface area contributed by atoms with Crippen molar-refractivity contribution in [2.75, 3.05) is 0 Å². The van der Waals surface area contributed by atoms with E-state index in [4.69, 9.17) is 5.26 Å². The molecule has 0 aliphatic heterocycles. The van der Waals surface area contributed by atoms with Crippen molar-refractivity contribution in [2.24, 2.45) is 0 Å². The molecular formula is C18H15N3S2. The minimum atomic E-state index is 0.712. The predicted octanol–water partition coefficient (Wildman–Crippen LogP) is 4.73. The SMILES string of the molecule is N#Cc1cccc(CSc2ncnc3sc4c(c23)CCCC4)c1. The molecule has 0 bridgehead atoms. The number of thiophene rings is 1. The zero-order valence-corrected chi connectivity index (χ0v) is 14.2. The highest BCUT2D eigenvalue weighted by molar-refractivity contribution is 7.98. The van der Waals surface area contributed by atoms with Gasteiger partial charge in [0.1, 0.15) is 16.2 Å². The largest absolute Gasteiger partial charge is 0.229 e. The first-order valence-corrected chi connectivity index (χ1v) is 9.52. The van der Waals surface area contributed by atoms with Crippen molar-refractivity contribution < 1.29 is 0 Å². The Morgan fingerprint density at radius 2 is 2.13 bits per heavy atom. The van der Waals surface area contributed by atoms with Crippen LogP contribution in [0.25, 0.3) is 10.2 Å². The van der Waals surface area contributed by atoms with Gasteiger partial charge < -0.3 is 0 Å². The highest BCUT2D eigenvalue weighted by Gasteiger charge is 2.19. The molecule has 0 radical (unpaired) electrons. The summed E-state index contributed by atoms with van der Waals surface area (Å²) in [7, 11) is 0. The van der Waals surface area contributed by atoms with Gasteiger partial charge in [0.15, 0.2) is 0 Å². The number of nitrogens with zero attached hydrogens (tertiary/aromatic N) is 3. The van der Waals surface area contributed by atoms with Crippen LogP contribution in [0.2, 0.25) is 0 Å². The molecule has 5 heteroatoms. The fraction of sp³-hybridized carbons (Fsp3) is 0.278. The first-order valence-electron chi connectivity index (χ1n) is 7.72. The molecule has 0 atom stereocenters. The van der Waals surface area contributed by atoms with E-state index in [1.54, 1.807) is 18.1 Å². The minimum absolute atomic E-state index is 0.712. The van der Waals surface area contributed by atoms with Crippen LogP contribution in [0.15, 0.2) is 35.6 Å². The normalized spacial score (nSPS) is 13.7. The molecule has 2 heterocycles. The number of nitriles is 1. The first-order chi connectivity index (χ1) is 11.3. The van der Waals surface area contributed by atoms with Crippen LogP contribution in [0.4, 0.5) is 0 Å². The number of aryl methyl sites for hydroxylation is 2. The lowest BCUT2D eigenvalue weighted by Crippen LogP contribution is -1.99. The quantitative estimate of drug-likeness (QED) is 0.512. The standard InChI is InChI=1S/C18H15N3S2/c19-9-12-4-3-5-13(8-12)10-22-17-16-14-6-1-2-7-15(14)23-18(16)21-11-20-17/h3-5,8,11H,1-2,6-7,10H2. The van der Waals surface area contributed by atoms with Crippen LogP contribution >= 0.6 is 23.1 Å². The van der Waals surface area contributed by atoms with Crippen molar-refractivity contribution >= 4 is 33.3 Å². The molecule has 1 aliphatic carbocycles. The summed E-state index contributed by atoms with van der Waals surface area (Å²) in [6.07, 6.45) is 6.57. The van der Waals surface area contributed by atoms with E-state index in [1.807, 2.05) is 29.5 Å². The summed E-state index contributed by atoms with van der Waals surface area (Å²) in [5.74, 6) is 0.826. The van der Waals surface area contributed by atoms with E-state index < -0.39 is 0 Å². The fourth-order valence-electron chi connectivity index (χ4n) is 3.05. The average molecular weight is 337 g/mol. The molecule has 0 saturated carbocycles. The second-order valence-electron chi connectivity index (χ2n) is 5.67. The van der Waals surface area contributed by atoms with Gasteiger partial charge in [0.25, 0.3) is 0 Å². The van der Waals surface area contributed by atoms with Gasteiger partial charge in [-0.3, -0.25) is 0 Å². The maximum absolute atomic E-state index is 9.02. The predicted molar refractivity (Wildman–Crippen MR) is 94.8 cm³/mol. The molecule has 23 heavy (non-hydrogen) atoms. The minimum Gasteiger partial charge on any atom is -0.229 e. The summed E-state index contributed by atoms with van der Waals surface area (Å²) in [5.41, 5.74) is 3.35. The summed E-state index contributed by atoms with van der Waals surface area (Å²) < 4.78 is 0. The van der Waals surface area contributed by atoms with E-state index in [-0.39, 0.29) is 0 Å². The summed E-state index contributed by atoms with van der Waals surface area (Å²) >= 11 is 3.58. The lowest BCUT2D eigenvalue weighted by Gasteiger charge is -2.11. The maximum atomic E-state index is 9.02. The van der Waals surface area contributed by atoms with Crippen molar-refractivity contribution in [1.82, 2.24) is 9.97 Å². The number of hydrogen-bond acceptors (Lipinski definition) is 5. The molecule has 0 N–H and O–H groups in total. The highest BCUT2D eigenvalue weighted by Crippen LogP contribution is 2.39. The lowest BCUT2D eigenvalue weighted by molar-refractivity contribution is 0.699. The Bertz CT molecular complexity index is 908. The Hall–Kier alpha value is -1.90. The monoisotopic (exact) mass is 337 g/mol. The van der Waals surface area contributed by atoms with Crippen LogP contribution < -0.4 is 0 Å². The first kappa shape index (κ1) is 14.7. The van der Waals surface area contributed by atoms with E-state index >= 15 is 0 Å². The van der Waals surface area contributed by atoms with Gasteiger partial charge in [-0.2, -0.15) is 5.26 Å². The van der Waals surface area contributed by atoms with Crippen LogP contribution in [0.5, 0.6) is 0 Å². The van der Waals surface area contributed by atoms with Gasteiger partial charge in [0.05, 0.1) is 11.6 Å². The molecule has 4 rings (SSSR count). The van der Waals surface area contributed by atoms with Gasteiger partial charge in [-0.25, -0.2) is 9.97 Å². The average Bonchev–Trinajstić information content (AvgIpc) is 2.99. The number of hydrogen-bond donors (Lipinski definition) is 0. The molecule has 114 valence electrons. The third-order valence-corrected chi connectivity index (χ3v) is 6.41. The molecule has 3 nitrogen and oxygen atoms in total. The Balaban J connectivity index is 1.66. The van der Waals surface area contributed by atoms with E-state index in [0.717, 1.165) is 27.6 Å². The van der Waals surface area contributed by atoms with Gasteiger partial charge in [-0.1, -0.05) is 12.1 Å². The molecule has 0 amide bonds. The summed E-state index contributed by atoms with van der Waals surface area (Å²) in [5, 5.41) is 11.4. The van der Waals surface area contributed by atoms with Gasteiger partial charge in [0, 0.05) is 16.0 Å². The number of thioether (sulfide) groups is 1. The molecule has 2 aromatic heterocycles. The lowest BCUT2D eigenvalue weighted by atomic mass is 9.97. The molecule has 1 aromatic carbocycles. The Labute approximate surface area is 143 Å². The molecule has 0 spiro atoms. The number of aromatic nitrogens is 2. The summed E-state index contributed by atoms with van der Waals surface area (Å²) in [6, 6.07) is 10.00. The maximum Gasteiger partial charge on any atom is 0.128 e. The zero-order valence-electron chi connectivity index (χ0n) is 12.6. The summed E-state index contributed by atoms with van der Waals surface area (Å²) in [4.78, 5) is 11.6. The third kappa shape index (κ3) is 2.85. The number of rotatable bonds is 3. The smallest absolute Gasteiger partial charge is 0.128 e. The Kier molecular flexibility index (Phi) is 4.02. The molecule has 0 unspecified atom stereocenters. The molecule has 3 aromatic rings. The second-order valence-corrected chi connectivity index (χ2v) is 7.72. The van der Waals surface area contributed by atoms with Crippen molar-refractivity contribution in [1.29, 1.82) is 5.26 Å². The van der Waals surface area contributed by atoms with Gasteiger partial charge in [0.2, 0.25) is 0 Å². The van der Waals surface area contributed by atoms with E-state index in [2.05, 4.69) is 22.1 Å². The Morgan fingerprint density at radius 3 is 3.04 bits per heavy atom. The Morgan fingerprint density at radius 1 is 1.22 bits per heavy atom. The van der Waals surface area contributed by atoms with Crippen molar-refractivity contribution in [3.05, 3.63) is 52.2 Å². The highest BCUT2D eigenvalue weighted by atomic mass is 32.2. The third-order valence-electron chi connectivity index (χ3n) is 4.15. The van der Waals surface area contributed by atoms with Gasteiger partial charge >= 0.3 is 0 Å². The molecular weight excluding hydrogens is 322 g/mol. The van der Waals surface area contributed by atoms with Crippen molar-refractivity contribution in [3.63, 3.8) is 0 Å². The van der Waals surface area contributed by atoms with Crippen LogP contribution in [0.1, 0.15) is 34.4 Å². The van der Waals surface area contributed by atoms with Crippen LogP contribution in [-0.2, 0) is 18.6 Å². The van der Waals surface area contributed by atoms with E-state index in [1.165, 1.54) is 35.1 Å². The van der Waals surface area contributed by atoms with Crippen LogP contribution in [0, 0.1) is 11.3 Å². The molecule has 0 fully saturated rings. The van der Waals surface area contributed by atoms with Crippen molar-refractivity contribution in [3.8, 4) is 6.07 Å². The zero-order chi connectivity index (χ0) is 15.6.